The van der Waals surface area contributed by atoms with Crippen LogP contribution in [-0.2, 0) is 10.0 Å². The van der Waals surface area contributed by atoms with Gasteiger partial charge in [-0.2, -0.15) is 0 Å². The fourth-order valence-electron chi connectivity index (χ4n) is 2.35. The number of hydrogen-bond acceptors (Lipinski definition) is 8. The third-order valence-electron chi connectivity index (χ3n) is 3.38. The van der Waals surface area contributed by atoms with Gasteiger partial charge in [-0.1, -0.05) is 48.3 Å². The third kappa shape index (κ3) is 3.95. The lowest BCUT2D eigenvalue weighted by atomic mass is 10.3. The summed E-state index contributed by atoms with van der Waals surface area (Å²) in [5, 5.41) is 8.43. The molecule has 2 aromatic heterocycles. The second kappa shape index (κ2) is 7.29. The van der Waals surface area contributed by atoms with Gasteiger partial charge in [0.1, 0.15) is 0 Å². The molecule has 11 heteroatoms. The van der Waals surface area contributed by atoms with Crippen molar-refractivity contribution in [3.63, 3.8) is 0 Å². The Morgan fingerprint density at radius 3 is 2.54 bits per heavy atom. The van der Waals surface area contributed by atoms with E-state index in [9.17, 15) is 13.2 Å². The normalized spacial score (nSPS) is 12.4. The molecule has 7 nitrogen and oxygen atoms in total. The van der Waals surface area contributed by atoms with E-state index in [1.165, 1.54) is 35.2 Å². The first kappa shape index (κ1) is 19.3. The highest BCUT2D eigenvalue weighted by molar-refractivity contribution is 8.01. The average molecular weight is 431 g/mol. The van der Waals surface area contributed by atoms with Crippen molar-refractivity contribution in [3.05, 3.63) is 27.9 Å². The van der Waals surface area contributed by atoms with Gasteiger partial charge in [0.05, 0.1) is 15.1 Å². The van der Waals surface area contributed by atoms with Crippen molar-refractivity contribution in [2.45, 2.75) is 48.2 Å². The Hall–Kier alpha value is -1.43. The van der Waals surface area contributed by atoms with Crippen LogP contribution in [0.2, 0.25) is 0 Å². The van der Waals surface area contributed by atoms with E-state index in [-0.39, 0.29) is 20.9 Å². The number of aromatic nitrogens is 3. The van der Waals surface area contributed by atoms with Crippen molar-refractivity contribution in [1.29, 1.82) is 0 Å². The number of benzene rings is 1. The van der Waals surface area contributed by atoms with Crippen LogP contribution in [0, 0.1) is 0 Å². The summed E-state index contributed by atoms with van der Waals surface area (Å²) >= 11 is 3.76. The Morgan fingerprint density at radius 1 is 1.15 bits per heavy atom. The van der Waals surface area contributed by atoms with Crippen LogP contribution in [0.25, 0.3) is 10.2 Å². The molecule has 0 radical (unpaired) electrons. The molecule has 0 unspecified atom stereocenters. The van der Waals surface area contributed by atoms with E-state index in [2.05, 4.69) is 14.9 Å². The van der Waals surface area contributed by atoms with Crippen LogP contribution in [-0.4, -0.2) is 28.4 Å². The van der Waals surface area contributed by atoms with E-state index >= 15 is 0 Å². The first-order chi connectivity index (χ1) is 12.2. The summed E-state index contributed by atoms with van der Waals surface area (Å²) in [6.07, 6.45) is 0. The zero-order valence-electron chi connectivity index (χ0n) is 14.6. The van der Waals surface area contributed by atoms with Crippen molar-refractivity contribution in [2.24, 2.45) is 0 Å². The molecule has 0 atom stereocenters. The van der Waals surface area contributed by atoms with Crippen LogP contribution >= 0.6 is 34.4 Å². The molecule has 0 spiro atoms. The molecular formula is C15H18N4O3S4. The zero-order chi connectivity index (χ0) is 19.1. The Balaban J connectivity index is 1.92. The molecule has 0 aliphatic carbocycles. The predicted molar refractivity (Wildman–Crippen MR) is 108 cm³/mol. The Labute approximate surface area is 163 Å². The second-order valence-corrected chi connectivity index (χ2v) is 11.6. The standard InChI is InChI=1S/C15H18N4O3S4/c1-8(2)19-11-6-5-10(7-12(11)24-15(19)20)26(21,22)18-13-16-17-14(25-13)23-9(3)4/h5-9H,1-4H3,(H,16,18). The van der Waals surface area contributed by atoms with Gasteiger partial charge in [0, 0.05) is 11.3 Å². The maximum absolute atomic E-state index is 12.6. The molecule has 0 saturated heterocycles. The van der Waals surface area contributed by atoms with Gasteiger partial charge < -0.3 is 0 Å². The number of sulfonamides is 1. The summed E-state index contributed by atoms with van der Waals surface area (Å²) in [5.41, 5.74) is 0.737. The SMILES string of the molecule is CC(C)Sc1nnc(NS(=O)(=O)c2ccc3c(c2)sc(=O)n3C(C)C)s1. The zero-order valence-corrected chi connectivity index (χ0v) is 17.9. The monoisotopic (exact) mass is 430 g/mol. The molecule has 0 fully saturated rings. The first-order valence-electron chi connectivity index (χ1n) is 7.85. The molecule has 140 valence electrons. The van der Waals surface area contributed by atoms with E-state index in [0.29, 0.717) is 14.3 Å². The maximum atomic E-state index is 12.6. The van der Waals surface area contributed by atoms with Crippen molar-refractivity contribution in [2.75, 3.05) is 4.72 Å². The van der Waals surface area contributed by atoms with Gasteiger partial charge in [0.2, 0.25) is 5.13 Å². The van der Waals surface area contributed by atoms with Gasteiger partial charge in [-0.3, -0.25) is 14.1 Å². The summed E-state index contributed by atoms with van der Waals surface area (Å²) in [5.74, 6) is 0. The third-order valence-corrected chi connectivity index (χ3v) is 7.69. The number of fused-ring (bicyclic) bond motifs is 1. The van der Waals surface area contributed by atoms with Gasteiger partial charge in [-0.15, -0.1) is 10.2 Å². The summed E-state index contributed by atoms with van der Waals surface area (Å²) in [6.45, 7) is 7.89. The lowest BCUT2D eigenvalue weighted by molar-refractivity contribution is 0.601. The van der Waals surface area contributed by atoms with Crippen LogP contribution in [0.4, 0.5) is 5.13 Å². The van der Waals surface area contributed by atoms with Crippen molar-refractivity contribution in [3.8, 4) is 0 Å². The number of anilines is 1. The van der Waals surface area contributed by atoms with Crippen LogP contribution in [0.1, 0.15) is 33.7 Å². The molecule has 0 saturated carbocycles. The van der Waals surface area contributed by atoms with Gasteiger partial charge in [0.15, 0.2) is 4.34 Å². The number of nitrogens with one attached hydrogen (secondary N) is 1. The minimum atomic E-state index is -3.80. The summed E-state index contributed by atoms with van der Waals surface area (Å²) < 4.78 is 30.8. The molecule has 0 aliphatic rings. The second-order valence-electron chi connectivity index (χ2n) is 6.11. The lowest BCUT2D eigenvalue weighted by Crippen LogP contribution is -2.15. The lowest BCUT2D eigenvalue weighted by Gasteiger charge is -2.08. The summed E-state index contributed by atoms with van der Waals surface area (Å²) in [4.78, 5) is 12.1. The van der Waals surface area contributed by atoms with E-state index in [4.69, 9.17) is 0 Å². The molecule has 0 aliphatic heterocycles. The van der Waals surface area contributed by atoms with Crippen molar-refractivity contribution >= 4 is 59.8 Å². The van der Waals surface area contributed by atoms with Crippen LogP contribution in [0.5, 0.6) is 0 Å². The molecule has 1 aromatic carbocycles. The van der Waals surface area contributed by atoms with E-state index in [1.807, 2.05) is 27.7 Å². The number of thiazole rings is 1. The highest BCUT2D eigenvalue weighted by Crippen LogP contribution is 2.30. The Bertz CT molecular complexity index is 1100. The van der Waals surface area contributed by atoms with Gasteiger partial charge in [0.25, 0.3) is 10.0 Å². The Kier molecular flexibility index (Phi) is 5.42. The fraction of sp³-hybridized carbons (Fsp3) is 0.400. The van der Waals surface area contributed by atoms with E-state index in [1.54, 1.807) is 10.6 Å². The topological polar surface area (TPSA) is 94.0 Å². The average Bonchev–Trinajstić information content (AvgIpc) is 3.08. The minimum absolute atomic E-state index is 0.00936. The van der Waals surface area contributed by atoms with Crippen molar-refractivity contribution < 1.29 is 8.42 Å². The van der Waals surface area contributed by atoms with Gasteiger partial charge in [-0.25, -0.2) is 8.42 Å². The molecule has 0 bridgehead atoms. The predicted octanol–water partition coefficient (Wildman–Crippen LogP) is 3.80. The highest BCUT2D eigenvalue weighted by Gasteiger charge is 2.20. The number of hydrogen-bond donors (Lipinski definition) is 1. The number of rotatable bonds is 6. The molecule has 3 aromatic rings. The quantitative estimate of drug-likeness (QED) is 0.598. The fourth-order valence-corrected chi connectivity index (χ4v) is 6.71. The molecule has 2 heterocycles. The maximum Gasteiger partial charge on any atom is 0.308 e. The van der Waals surface area contributed by atoms with Crippen molar-refractivity contribution in [1.82, 2.24) is 14.8 Å². The molecule has 26 heavy (non-hydrogen) atoms. The molecule has 0 amide bonds. The highest BCUT2D eigenvalue weighted by atomic mass is 32.2. The van der Waals surface area contributed by atoms with Gasteiger partial charge >= 0.3 is 4.87 Å². The van der Waals surface area contributed by atoms with Gasteiger partial charge in [-0.05, 0) is 32.0 Å². The summed E-state index contributed by atoms with van der Waals surface area (Å²) in [7, 11) is -3.80. The number of thioether (sulfide) groups is 1. The Morgan fingerprint density at radius 2 is 1.88 bits per heavy atom. The van der Waals surface area contributed by atoms with E-state index < -0.39 is 10.0 Å². The molecule has 3 rings (SSSR count). The first-order valence-corrected chi connectivity index (χ1v) is 11.8. The van der Waals surface area contributed by atoms with Crippen LogP contribution in [0.3, 0.4) is 0 Å². The largest absolute Gasteiger partial charge is 0.308 e. The smallest absolute Gasteiger partial charge is 0.296 e. The minimum Gasteiger partial charge on any atom is -0.296 e. The summed E-state index contributed by atoms with van der Waals surface area (Å²) in [6, 6.07) is 4.70. The molecule has 1 N–H and O–H groups in total. The molecular weight excluding hydrogens is 412 g/mol. The van der Waals surface area contributed by atoms with E-state index in [0.717, 1.165) is 16.9 Å². The van der Waals surface area contributed by atoms with Crippen LogP contribution < -0.4 is 9.60 Å². The van der Waals surface area contributed by atoms with Crippen LogP contribution in [0.15, 0.2) is 32.2 Å². The number of nitrogens with zero attached hydrogens (tertiary/aromatic N) is 3.